The zero-order chi connectivity index (χ0) is 21.6. The van der Waals surface area contributed by atoms with E-state index in [0.29, 0.717) is 46.3 Å². The van der Waals surface area contributed by atoms with Crippen LogP contribution in [0.3, 0.4) is 0 Å². The van der Waals surface area contributed by atoms with E-state index in [4.69, 9.17) is 25.6 Å². The quantitative estimate of drug-likeness (QED) is 0.430. The highest BCUT2D eigenvalue weighted by molar-refractivity contribution is 6.30. The lowest BCUT2D eigenvalue weighted by atomic mass is 10.1. The topological polar surface area (TPSA) is 95.2 Å². The van der Waals surface area contributed by atoms with Crippen LogP contribution in [0, 0.1) is 0 Å². The summed E-state index contributed by atoms with van der Waals surface area (Å²) >= 11 is 6.02. The fourth-order valence-corrected chi connectivity index (χ4v) is 3.17. The van der Waals surface area contributed by atoms with Crippen LogP contribution in [0.25, 0.3) is 23.0 Å². The van der Waals surface area contributed by atoms with Gasteiger partial charge < -0.3 is 19.3 Å². The van der Waals surface area contributed by atoms with E-state index in [9.17, 15) is 0 Å². The van der Waals surface area contributed by atoms with Gasteiger partial charge in [-0.2, -0.15) is 4.98 Å². The molecule has 0 aliphatic carbocycles. The zero-order valence-electron chi connectivity index (χ0n) is 17.0. The molecular formula is C22H20ClN5O3. The van der Waals surface area contributed by atoms with Crippen molar-refractivity contribution in [2.45, 2.75) is 6.42 Å². The van der Waals surface area contributed by atoms with Crippen molar-refractivity contribution < 1.29 is 14.0 Å². The number of hydrogen-bond donors (Lipinski definition) is 1. The maximum Gasteiger partial charge on any atom is 0.278 e. The first-order chi connectivity index (χ1) is 15.2. The number of nitrogens with one attached hydrogen (secondary N) is 1. The molecule has 0 spiro atoms. The Kier molecular flexibility index (Phi) is 6.28. The highest BCUT2D eigenvalue weighted by Crippen LogP contribution is 2.28. The summed E-state index contributed by atoms with van der Waals surface area (Å²) in [5, 5.41) is 16.2. The molecule has 0 saturated heterocycles. The molecule has 9 heteroatoms. The van der Waals surface area contributed by atoms with Crippen molar-refractivity contribution in [2.75, 3.05) is 26.1 Å². The number of aromatic nitrogens is 4. The molecule has 0 fully saturated rings. The van der Waals surface area contributed by atoms with Gasteiger partial charge in [-0.1, -0.05) is 35.0 Å². The van der Waals surface area contributed by atoms with Crippen LogP contribution in [-0.4, -0.2) is 41.1 Å². The third kappa shape index (κ3) is 4.92. The number of halogens is 1. The van der Waals surface area contributed by atoms with Crippen LogP contribution < -0.4 is 14.8 Å². The molecule has 0 atom stereocenters. The summed E-state index contributed by atoms with van der Waals surface area (Å²) in [5.41, 5.74) is 2.38. The predicted octanol–water partition coefficient (Wildman–Crippen LogP) is 4.52. The van der Waals surface area contributed by atoms with Gasteiger partial charge in [-0.15, -0.1) is 10.2 Å². The SMILES string of the molecule is COc1ccc(CCNc2ccc(-c3nc(-c4cccc(Cl)c4)no3)nn2)cc1OC. The van der Waals surface area contributed by atoms with Crippen LogP contribution in [0.5, 0.6) is 11.5 Å². The van der Waals surface area contributed by atoms with E-state index in [-0.39, 0.29) is 0 Å². The molecule has 0 radical (unpaired) electrons. The first-order valence-corrected chi connectivity index (χ1v) is 9.92. The summed E-state index contributed by atoms with van der Waals surface area (Å²) in [6, 6.07) is 16.7. The Morgan fingerprint density at radius 3 is 2.58 bits per heavy atom. The van der Waals surface area contributed by atoms with Crippen molar-refractivity contribution >= 4 is 17.4 Å². The van der Waals surface area contributed by atoms with Crippen LogP contribution in [0.15, 0.2) is 59.1 Å². The van der Waals surface area contributed by atoms with Gasteiger partial charge in [-0.3, -0.25) is 0 Å². The van der Waals surface area contributed by atoms with Gasteiger partial charge in [0.15, 0.2) is 17.2 Å². The van der Waals surface area contributed by atoms with Crippen molar-refractivity contribution in [1.82, 2.24) is 20.3 Å². The van der Waals surface area contributed by atoms with Gasteiger partial charge in [-0.25, -0.2) is 0 Å². The van der Waals surface area contributed by atoms with Crippen LogP contribution >= 0.6 is 11.6 Å². The number of rotatable bonds is 8. The van der Waals surface area contributed by atoms with Crippen molar-refractivity contribution in [3.05, 3.63) is 65.2 Å². The molecule has 0 unspecified atom stereocenters. The van der Waals surface area contributed by atoms with Gasteiger partial charge in [0.25, 0.3) is 5.89 Å². The molecule has 4 aromatic rings. The smallest absolute Gasteiger partial charge is 0.278 e. The molecule has 0 bridgehead atoms. The van der Waals surface area contributed by atoms with Gasteiger partial charge in [0.1, 0.15) is 5.82 Å². The van der Waals surface area contributed by atoms with E-state index in [1.165, 1.54) is 0 Å². The first-order valence-electron chi connectivity index (χ1n) is 9.55. The monoisotopic (exact) mass is 437 g/mol. The van der Waals surface area contributed by atoms with Gasteiger partial charge in [0.05, 0.1) is 14.2 Å². The number of benzene rings is 2. The Labute approximate surface area is 184 Å². The largest absolute Gasteiger partial charge is 0.493 e. The van der Waals surface area contributed by atoms with Crippen molar-refractivity contribution in [3.8, 4) is 34.5 Å². The molecule has 2 aromatic carbocycles. The summed E-state index contributed by atoms with van der Waals surface area (Å²) in [7, 11) is 3.24. The second kappa shape index (κ2) is 9.44. The third-order valence-corrected chi connectivity index (χ3v) is 4.80. The third-order valence-electron chi connectivity index (χ3n) is 4.56. The molecule has 31 heavy (non-hydrogen) atoms. The van der Waals surface area contributed by atoms with Crippen LogP contribution in [0.2, 0.25) is 5.02 Å². The molecule has 158 valence electrons. The van der Waals surface area contributed by atoms with E-state index >= 15 is 0 Å². The minimum atomic E-state index is 0.291. The summed E-state index contributed by atoms with van der Waals surface area (Å²) in [6.07, 6.45) is 0.788. The van der Waals surface area contributed by atoms with Crippen LogP contribution in [-0.2, 0) is 6.42 Å². The molecule has 0 aliphatic heterocycles. The standard InChI is InChI=1S/C22H20ClN5O3/c1-29-18-8-6-14(12-19(18)30-2)10-11-24-20-9-7-17(26-27-20)22-25-21(28-31-22)15-4-3-5-16(23)13-15/h3-9,12-13H,10-11H2,1-2H3,(H,24,27). The molecular weight excluding hydrogens is 418 g/mol. The average molecular weight is 438 g/mol. The maximum absolute atomic E-state index is 6.02. The van der Waals surface area contributed by atoms with E-state index in [1.807, 2.05) is 36.4 Å². The van der Waals surface area contributed by atoms with Crippen LogP contribution in [0.1, 0.15) is 5.56 Å². The minimum absolute atomic E-state index is 0.291. The average Bonchev–Trinajstić information content (AvgIpc) is 3.30. The number of hydrogen-bond acceptors (Lipinski definition) is 8. The minimum Gasteiger partial charge on any atom is -0.493 e. The van der Waals surface area contributed by atoms with Gasteiger partial charge in [0.2, 0.25) is 5.82 Å². The van der Waals surface area contributed by atoms with E-state index in [1.54, 1.807) is 32.4 Å². The zero-order valence-corrected chi connectivity index (χ0v) is 17.8. The van der Waals surface area contributed by atoms with Crippen molar-refractivity contribution in [3.63, 3.8) is 0 Å². The summed E-state index contributed by atoms with van der Waals surface area (Å²) < 4.78 is 15.9. The Bertz CT molecular complexity index is 1160. The maximum atomic E-state index is 6.02. The van der Waals surface area contributed by atoms with E-state index in [0.717, 1.165) is 17.5 Å². The molecule has 2 aromatic heterocycles. The number of anilines is 1. The fourth-order valence-electron chi connectivity index (χ4n) is 2.98. The molecule has 8 nitrogen and oxygen atoms in total. The molecule has 0 aliphatic rings. The lowest BCUT2D eigenvalue weighted by Gasteiger charge is -2.10. The lowest BCUT2D eigenvalue weighted by molar-refractivity contribution is 0.354. The van der Waals surface area contributed by atoms with Gasteiger partial charge >= 0.3 is 0 Å². The highest BCUT2D eigenvalue weighted by Gasteiger charge is 2.13. The van der Waals surface area contributed by atoms with E-state index in [2.05, 4.69) is 25.7 Å². The molecule has 2 heterocycles. The Balaban J connectivity index is 1.37. The summed E-state index contributed by atoms with van der Waals surface area (Å²) in [4.78, 5) is 4.37. The predicted molar refractivity (Wildman–Crippen MR) is 118 cm³/mol. The van der Waals surface area contributed by atoms with Gasteiger partial charge in [-0.05, 0) is 48.4 Å². The molecule has 1 N–H and O–H groups in total. The second-order valence-corrected chi connectivity index (χ2v) is 7.04. The Hall–Kier alpha value is -3.65. The first kappa shape index (κ1) is 20.6. The number of ether oxygens (including phenoxy) is 2. The molecule has 0 amide bonds. The molecule has 0 saturated carbocycles. The van der Waals surface area contributed by atoms with Crippen molar-refractivity contribution in [2.24, 2.45) is 0 Å². The van der Waals surface area contributed by atoms with E-state index < -0.39 is 0 Å². The van der Waals surface area contributed by atoms with Crippen LogP contribution in [0.4, 0.5) is 5.82 Å². The summed E-state index contributed by atoms with van der Waals surface area (Å²) in [6.45, 7) is 0.684. The second-order valence-electron chi connectivity index (χ2n) is 6.60. The molecule has 4 rings (SSSR count). The highest BCUT2D eigenvalue weighted by atomic mass is 35.5. The Morgan fingerprint density at radius 2 is 1.84 bits per heavy atom. The summed E-state index contributed by atoms with van der Waals surface area (Å²) in [5.74, 6) is 2.80. The normalized spacial score (nSPS) is 10.7. The Morgan fingerprint density at radius 1 is 0.968 bits per heavy atom. The fraction of sp³-hybridized carbons (Fsp3) is 0.182. The van der Waals surface area contributed by atoms with Gasteiger partial charge in [0, 0.05) is 17.1 Å². The number of methoxy groups -OCH3 is 2. The number of nitrogens with zero attached hydrogens (tertiary/aromatic N) is 4. The lowest BCUT2D eigenvalue weighted by Crippen LogP contribution is -2.07. The van der Waals surface area contributed by atoms with Crippen molar-refractivity contribution in [1.29, 1.82) is 0 Å².